The van der Waals surface area contributed by atoms with Crippen molar-refractivity contribution < 1.29 is 9.21 Å². The van der Waals surface area contributed by atoms with E-state index in [0.29, 0.717) is 18.1 Å². The number of nitrogens with zero attached hydrogens (tertiary/aromatic N) is 2. The Morgan fingerprint density at radius 2 is 2.16 bits per heavy atom. The zero-order valence-corrected chi connectivity index (χ0v) is 16.2. The highest BCUT2D eigenvalue weighted by molar-refractivity contribution is 9.10. The van der Waals surface area contributed by atoms with Crippen LogP contribution in [0.2, 0.25) is 0 Å². The summed E-state index contributed by atoms with van der Waals surface area (Å²) in [6.07, 6.45) is 1.98. The van der Waals surface area contributed by atoms with Crippen molar-refractivity contribution in [3.63, 3.8) is 0 Å². The summed E-state index contributed by atoms with van der Waals surface area (Å²) in [6.45, 7) is 0.373. The van der Waals surface area contributed by atoms with E-state index in [1.165, 1.54) is 11.3 Å². The van der Waals surface area contributed by atoms with E-state index in [1.54, 1.807) is 22.5 Å². The molecule has 3 heterocycles. The van der Waals surface area contributed by atoms with Crippen LogP contribution in [0, 0.1) is 0 Å². The number of amides is 1. The van der Waals surface area contributed by atoms with E-state index < -0.39 is 0 Å². The molecule has 1 aromatic carbocycles. The molecule has 4 nitrogen and oxygen atoms in total. The van der Waals surface area contributed by atoms with Gasteiger partial charge in [0.25, 0.3) is 0 Å². The van der Waals surface area contributed by atoms with Crippen molar-refractivity contribution in [2.45, 2.75) is 13.0 Å². The van der Waals surface area contributed by atoms with Gasteiger partial charge in [0, 0.05) is 9.35 Å². The molecule has 0 saturated carbocycles. The maximum Gasteiger partial charge on any atom is 0.234 e. The zero-order chi connectivity index (χ0) is 17.2. The Kier molecular flexibility index (Phi) is 4.70. The highest BCUT2D eigenvalue weighted by Crippen LogP contribution is 2.32. The topological polar surface area (TPSA) is 46.3 Å². The number of carbonyl (C=O) groups excluding carboxylic acids is 1. The molecule has 0 bridgehead atoms. The number of thiazole rings is 1. The molecule has 0 N–H and O–H groups in total. The minimum Gasteiger partial charge on any atom is -0.467 e. The first-order chi connectivity index (χ1) is 12.2. The molecule has 0 radical (unpaired) electrons. The lowest BCUT2D eigenvalue weighted by Crippen LogP contribution is -2.31. The van der Waals surface area contributed by atoms with Gasteiger partial charge in [-0.3, -0.25) is 9.69 Å². The predicted molar refractivity (Wildman–Crippen MR) is 105 cm³/mol. The quantitative estimate of drug-likeness (QED) is 0.418. The van der Waals surface area contributed by atoms with Gasteiger partial charge in [-0.25, -0.2) is 4.98 Å². The molecule has 0 spiro atoms. The predicted octanol–water partition coefficient (Wildman–Crippen LogP) is 5.49. The molecule has 0 atom stereocenters. The number of hydrogen-bond donors (Lipinski definition) is 0. The van der Waals surface area contributed by atoms with Crippen molar-refractivity contribution in [1.82, 2.24) is 4.98 Å². The summed E-state index contributed by atoms with van der Waals surface area (Å²) >= 11 is 6.57. The van der Waals surface area contributed by atoms with Gasteiger partial charge in [-0.1, -0.05) is 33.3 Å². The first kappa shape index (κ1) is 16.5. The van der Waals surface area contributed by atoms with Crippen LogP contribution >= 0.6 is 38.6 Å². The third-order valence-corrected chi connectivity index (χ3v) is 6.08. The van der Waals surface area contributed by atoms with E-state index >= 15 is 0 Å². The van der Waals surface area contributed by atoms with Gasteiger partial charge in [-0.15, -0.1) is 11.3 Å². The molecular formula is C18H13BrN2O2S2. The maximum atomic E-state index is 12.9. The lowest BCUT2D eigenvalue weighted by atomic mass is 10.3. The van der Waals surface area contributed by atoms with Crippen molar-refractivity contribution in [1.29, 1.82) is 0 Å². The van der Waals surface area contributed by atoms with Crippen LogP contribution in [-0.4, -0.2) is 10.9 Å². The summed E-state index contributed by atoms with van der Waals surface area (Å²) in [4.78, 5) is 20.3. The molecule has 0 unspecified atom stereocenters. The maximum absolute atomic E-state index is 12.9. The molecular weight excluding hydrogens is 420 g/mol. The van der Waals surface area contributed by atoms with Crippen LogP contribution in [0.4, 0.5) is 5.13 Å². The second-order valence-electron chi connectivity index (χ2n) is 5.42. The van der Waals surface area contributed by atoms with Gasteiger partial charge in [0.1, 0.15) is 5.76 Å². The molecule has 0 aliphatic rings. The fraction of sp³-hybridized carbons (Fsp3) is 0.111. The number of carbonyl (C=O) groups is 1. The molecule has 0 fully saturated rings. The largest absolute Gasteiger partial charge is 0.467 e. The van der Waals surface area contributed by atoms with E-state index in [0.717, 1.165) is 25.3 Å². The molecule has 25 heavy (non-hydrogen) atoms. The van der Waals surface area contributed by atoms with Crippen LogP contribution < -0.4 is 4.90 Å². The van der Waals surface area contributed by atoms with E-state index in [1.807, 2.05) is 47.8 Å². The second-order valence-corrected chi connectivity index (χ2v) is 8.38. The van der Waals surface area contributed by atoms with Gasteiger partial charge < -0.3 is 4.42 Å². The van der Waals surface area contributed by atoms with Crippen LogP contribution in [0.3, 0.4) is 0 Å². The normalized spacial score (nSPS) is 11.1. The highest BCUT2D eigenvalue weighted by atomic mass is 79.9. The standard InChI is InChI=1S/C18H13BrN2O2S2/c19-12-5-6-15-16(9-12)25-18(20-15)21(11-13-3-1-7-23-13)17(22)10-14-4-2-8-24-14/h1-9H,10-11H2. The van der Waals surface area contributed by atoms with Gasteiger partial charge >= 0.3 is 0 Å². The van der Waals surface area contributed by atoms with Crippen LogP contribution in [0.5, 0.6) is 0 Å². The second kappa shape index (κ2) is 7.11. The van der Waals surface area contributed by atoms with Crippen molar-refractivity contribution >= 4 is 59.9 Å². The number of fused-ring (bicyclic) bond motifs is 1. The van der Waals surface area contributed by atoms with Gasteiger partial charge in [0.2, 0.25) is 5.91 Å². The summed E-state index contributed by atoms with van der Waals surface area (Å²) in [5, 5.41) is 2.67. The number of anilines is 1. The zero-order valence-electron chi connectivity index (χ0n) is 13.0. The Balaban J connectivity index is 1.68. The van der Waals surface area contributed by atoms with E-state index in [4.69, 9.17) is 4.42 Å². The Labute approximate surface area is 160 Å². The van der Waals surface area contributed by atoms with Crippen molar-refractivity contribution in [2.75, 3.05) is 4.90 Å². The summed E-state index contributed by atoms with van der Waals surface area (Å²) in [5.41, 5.74) is 0.886. The molecule has 0 aliphatic carbocycles. The number of thiophene rings is 1. The number of benzene rings is 1. The first-order valence-electron chi connectivity index (χ1n) is 7.60. The van der Waals surface area contributed by atoms with E-state index in [2.05, 4.69) is 20.9 Å². The van der Waals surface area contributed by atoms with Gasteiger partial charge in [0.05, 0.1) is 29.4 Å². The van der Waals surface area contributed by atoms with Crippen molar-refractivity contribution in [3.05, 3.63) is 69.2 Å². The first-order valence-corrected chi connectivity index (χ1v) is 10.1. The summed E-state index contributed by atoms with van der Waals surface area (Å²) < 4.78 is 7.48. The monoisotopic (exact) mass is 432 g/mol. The van der Waals surface area contributed by atoms with Crippen molar-refractivity contribution in [2.24, 2.45) is 0 Å². The van der Waals surface area contributed by atoms with Crippen LogP contribution in [0.25, 0.3) is 10.2 Å². The summed E-state index contributed by atoms with van der Waals surface area (Å²) in [5.74, 6) is 0.747. The molecule has 0 aliphatic heterocycles. The Hall–Kier alpha value is -1.96. The van der Waals surface area contributed by atoms with Crippen LogP contribution in [-0.2, 0) is 17.8 Å². The molecule has 7 heteroatoms. The molecule has 0 saturated heterocycles. The Morgan fingerprint density at radius 3 is 2.92 bits per heavy atom. The number of hydrogen-bond acceptors (Lipinski definition) is 5. The van der Waals surface area contributed by atoms with Crippen molar-refractivity contribution in [3.8, 4) is 0 Å². The summed E-state index contributed by atoms with van der Waals surface area (Å²) in [7, 11) is 0. The van der Waals surface area contributed by atoms with Crippen LogP contribution in [0.15, 0.2) is 63.0 Å². The number of halogens is 1. The SMILES string of the molecule is O=C(Cc1cccs1)N(Cc1ccco1)c1nc2ccc(Br)cc2s1. The van der Waals surface area contributed by atoms with Crippen LogP contribution in [0.1, 0.15) is 10.6 Å². The number of furan rings is 1. The molecule has 4 rings (SSSR count). The third-order valence-electron chi connectivity index (χ3n) is 3.67. The lowest BCUT2D eigenvalue weighted by Gasteiger charge is -2.18. The average Bonchev–Trinajstić information content (AvgIpc) is 3.33. The molecule has 1 amide bonds. The lowest BCUT2D eigenvalue weighted by molar-refractivity contribution is -0.118. The third kappa shape index (κ3) is 3.68. The number of rotatable bonds is 5. The molecule has 126 valence electrons. The minimum atomic E-state index is 0.0111. The fourth-order valence-corrected chi connectivity index (χ4v) is 4.71. The van der Waals surface area contributed by atoms with Gasteiger partial charge in [0.15, 0.2) is 5.13 Å². The molecule has 3 aromatic heterocycles. The van der Waals surface area contributed by atoms with E-state index in [9.17, 15) is 4.79 Å². The van der Waals surface area contributed by atoms with Gasteiger partial charge in [-0.05, 0) is 41.8 Å². The summed E-state index contributed by atoms with van der Waals surface area (Å²) in [6, 6.07) is 13.6. The minimum absolute atomic E-state index is 0.0111. The average molecular weight is 433 g/mol. The van der Waals surface area contributed by atoms with Gasteiger partial charge in [-0.2, -0.15) is 0 Å². The Morgan fingerprint density at radius 1 is 1.24 bits per heavy atom. The Bertz CT molecular complexity index is 994. The fourth-order valence-electron chi connectivity index (χ4n) is 2.48. The smallest absolute Gasteiger partial charge is 0.234 e. The highest BCUT2D eigenvalue weighted by Gasteiger charge is 2.22. The van der Waals surface area contributed by atoms with E-state index in [-0.39, 0.29) is 5.91 Å². The number of aromatic nitrogens is 1. The molecule has 4 aromatic rings.